The highest BCUT2D eigenvalue weighted by molar-refractivity contribution is 5.96. The van der Waals surface area contributed by atoms with Gasteiger partial charge in [0.05, 0.1) is 18.3 Å². The molecule has 3 N–H and O–H groups in total. The molecule has 3 rings (SSSR count). The van der Waals surface area contributed by atoms with Gasteiger partial charge in [0.1, 0.15) is 11.3 Å². The van der Waals surface area contributed by atoms with Gasteiger partial charge < -0.3 is 15.4 Å². The van der Waals surface area contributed by atoms with E-state index in [9.17, 15) is 9.59 Å². The zero-order valence-corrected chi connectivity index (χ0v) is 14.1. The van der Waals surface area contributed by atoms with Crippen molar-refractivity contribution in [2.45, 2.75) is 32.2 Å². The number of nitrogens with zero attached hydrogens (tertiary/aromatic N) is 3. The Balaban J connectivity index is 1.90. The van der Waals surface area contributed by atoms with Crippen molar-refractivity contribution < 1.29 is 14.3 Å². The Bertz CT molecular complexity index is 773. The molecule has 3 heterocycles. The Morgan fingerprint density at radius 1 is 1.44 bits per heavy atom. The number of amides is 2. The van der Waals surface area contributed by atoms with E-state index in [0.717, 1.165) is 19.3 Å². The molecule has 2 aromatic rings. The van der Waals surface area contributed by atoms with Crippen molar-refractivity contribution in [3.8, 4) is 5.88 Å². The molecule has 0 aromatic carbocycles. The monoisotopic (exact) mass is 343 g/mol. The highest BCUT2D eigenvalue weighted by atomic mass is 16.5. The number of aromatic amines is 1. The first-order valence-electron chi connectivity index (χ1n) is 8.35. The third kappa shape index (κ3) is 3.47. The van der Waals surface area contributed by atoms with Crippen LogP contribution in [-0.2, 0) is 0 Å². The van der Waals surface area contributed by atoms with Crippen LogP contribution < -0.4 is 10.5 Å². The van der Waals surface area contributed by atoms with Crippen molar-refractivity contribution in [3.63, 3.8) is 0 Å². The average molecular weight is 343 g/mol. The lowest BCUT2D eigenvalue weighted by molar-refractivity contribution is 0.0601. The molecule has 1 aliphatic rings. The van der Waals surface area contributed by atoms with Gasteiger partial charge in [-0.1, -0.05) is 0 Å². The van der Waals surface area contributed by atoms with E-state index in [0.29, 0.717) is 30.3 Å². The van der Waals surface area contributed by atoms with Gasteiger partial charge in [0.2, 0.25) is 5.88 Å². The molecule has 1 aliphatic heterocycles. The lowest BCUT2D eigenvalue weighted by Gasteiger charge is -2.35. The van der Waals surface area contributed by atoms with Crippen LogP contribution in [0.3, 0.4) is 0 Å². The molecule has 8 nitrogen and oxygen atoms in total. The van der Waals surface area contributed by atoms with Gasteiger partial charge >= 0.3 is 0 Å². The average Bonchev–Trinajstić information content (AvgIpc) is 3.12. The summed E-state index contributed by atoms with van der Waals surface area (Å²) in [4.78, 5) is 30.3. The molecule has 0 saturated carbocycles. The fourth-order valence-electron chi connectivity index (χ4n) is 3.09. The molecular formula is C17H21N5O3. The molecule has 0 bridgehead atoms. The van der Waals surface area contributed by atoms with Crippen molar-refractivity contribution in [1.82, 2.24) is 20.1 Å². The molecule has 25 heavy (non-hydrogen) atoms. The maximum atomic E-state index is 13.1. The number of pyridine rings is 1. The summed E-state index contributed by atoms with van der Waals surface area (Å²) in [5.41, 5.74) is 6.59. The number of H-pyrrole nitrogens is 1. The summed E-state index contributed by atoms with van der Waals surface area (Å²) in [5.74, 6) is -0.402. The minimum absolute atomic E-state index is 0.142. The van der Waals surface area contributed by atoms with E-state index >= 15 is 0 Å². The molecule has 0 radical (unpaired) electrons. The lowest BCUT2D eigenvalue weighted by Crippen LogP contribution is -2.39. The second-order valence-corrected chi connectivity index (χ2v) is 5.87. The first-order valence-corrected chi connectivity index (χ1v) is 8.35. The highest BCUT2D eigenvalue weighted by Crippen LogP contribution is 2.32. The van der Waals surface area contributed by atoms with Gasteiger partial charge in [-0.3, -0.25) is 14.7 Å². The summed E-state index contributed by atoms with van der Waals surface area (Å²) >= 11 is 0. The Morgan fingerprint density at radius 3 is 3.00 bits per heavy atom. The fraction of sp³-hybridized carbons (Fsp3) is 0.412. The van der Waals surface area contributed by atoms with E-state index in [-0.39, 0.29) is 17.6 Å². The summed E-state index contributed by atoms with van der Waals surface area (Å²) in [7, 11) is 0. The number of rotatable bonds is 5. The molecule has 1 fully saturated rings. The number of primary amides is 1. The number of aromatic nitrogens is 3. The van der Waals surface area contributed by atoms with Crippen LogP contribution >= 0.6 is 0 Å². The van der Waals surface area contributed by atoms with Crippen LogP contribution in [0.1, 0.15) is 58.8 Å². The quantitative estimate of drug-likeness (QED) is 0.857. The van der Waals surface area contributed by atoms with Crippen molar-refractivity contribution >= 4 is 11.8 Å². The smallest absolute Gasteiger partial charge is 0.269 e. The normalized spacial score (nSPS) is 17.3. The number of nitrogens with two attached hydrogens (primary N) is 1. The van der Waals surface area contributed by atoms with Crippen LogP contribution in [0.5, 0.6) is 5.88 Å². The van der Waals surface area contributed by atoms with Crippen LogP contribution in [0.2, 0.25) is 0 Å². The van der Waals surface area contributed by atoms with Crippen molar-refractivity contribution in [3.05, 3.63) is 41.3 Å². The predicted molar refractivity (Wildman–Crippen MR) is 90.1 cm³/mol. The van der Waals surface area contributed by atoms with E-state index in [1.54, 1.807) is 29.3 Å². The molecule has 1 atom stereocenters. The van der Waals surface area contributed by atoms with Crippen LogP contribution in [0.15, 0.2) is 24.4 Å². The largest absolute Gasteiger partial charge is 0.477 e. The number of hydrogen-bond donors (Lipinski definition) is 2. The second kappa shape index (κ2) is 7.33. The molecule has 0 spiro atoms. The third-order valence-electron chi connectivity index (χ3n) is 4.26. The van der Waals surface area contributed by atoms with Crippen molar-refractivity contribution in [1.29, 1.82) is 0 Å². The Hall–Kier alpha value is -2.90. The number of ether oxygens (including phenoxy) is 1. The number of carbonyl (C=O) groups excluding carboxylic acids is 2. The summed E-state index contributed by atoms with van der Waals surface area (Å²) < 4.78 is 5.49. The van der Waals surface area contributed by atoms with Gasteiger partial charge in [0.15, 0.2) is 0 Å². The van der Waals surface area contributed by atoms with Crippen molar-refractivity contribution in [2.75, 3.05) is 13.2 Å². The van der Waals surface area contributed by atoms with Gasteiger partial charge in [-0.25, -0.2) is 4.98 Å². The topological polar surface area (TPSA) is 114 Å². The van der Waals surface area contributed by atoms with Gasteiger partial charge in [-0.15, -0.1) is 0 Å². The predicted octanol–water partition coefficient (Wildman–Crippen LogP) is 1.67. The standard InChI is InChI=1S/C17H21N5O3/c1-2-25-16-11(6-5-8-19-16)17(24)22-9-4-3-7-14(22)12-10-13(15(18)23)21-20-12/h5-6,8,10,14H,2-4,7,9H2,1H3,(H2,18,23)(H,20,21)/t14-/m1/s1. The summed E-state index contributed by atoms with van der Waals surface area (Å²) in [6, 6.07) is 4.87. The first kappa shape index (κ1) is 16.9. The van der Waals surface area contributed by atoms with Crippen LogP contribution in [0, 0.1) is 0 Å². The van der Waals surface area contributed by atoms with E-state index in [1.807, 2.05) is 6.92 Å². The summed E-state index contributed by atoms with van der Waals surface area (Å²) in [6.45, 7) is 2.90. The Morgan fingerprint density at radius 2 is 2.28 bits per heavy atom. The first-order chi connectivity index (χ1) is 12.1. The number of nitrogens with one attached hydrogen (secondary N) is 1. The highest BCUT2D eigenvalue weighted by Gasteiger charge is 2.31. The lowest BCUT2D eigenvalue weighted by atomic mass is 9.98. The minimum atomic E-state index is -0.595. The molecule has 1 saturated heterocycles. The molecule has 8 heteroatoms. The van der Waals surface area contributed by atoms with Crippen LogP contribution in [-0.4, -0.2) is 45.0 Å². The van der Waals surface area contributed by atoms with E-state index < -0.39 is 5.91 Å². The maximum absolute atomic E-state index is 13.1. The molecule has 2 aromatic heterocycles. The van der Waals surface area contributed by atoms with Crippen molar-refractivity contribution in [2.24, 2.45) is 5.73 Å². The zero-order chi connectivity index (χ0) is 17.8. The van der Waals surface area contributed by atoms with Crippen LogP contribution in [0.25, 0.3) is 0 Å². The van der Waals surface area contributed by atoms with Crippen LogP contribution in [0.4, 0.5) is 0 Å². The van der Waals surface area contributed by atoms with Gasteiger partial charge in [-0.05, 0) is 44.4 Å². The molecular weight excluding hydrogens is 322 g/mol. The zero-order valence-electron chi connectivity index (χ0n) is 14.1. The summed E-state index contributed by atoms with van der Waals surface area (Å²) in [5, 5.41) is 6.77. The molecule has 0 unspecified atom stereocenters. The SMILES string of the molecule is CCOc1ncccc1C(=O)N1CCCC[C@@H]1c1cc(C(N)=O)n[nH]1. The van der Waals surface area contributed by atoms with E-state index in [4.69, 9.17) is 10.5 Å². The second-order valence-electron chi connectivity index (χ2n) is 5.87. The third-order valence-corrected chi connectivity index (χ3v) is 4.26. The fourth-order valence-corrected chi connectivity index (χ4v) is 3.09. The number of hydrogen-bond acceptors (Lipinski definition) is 5. The minimum Gasteiger partial charge on any atom is -0.477 e. The van der Waals surface area contributed by atoms with E-state index in [2.05, 4.69) is 15.2 Å². The van der Waals surface area contributed by atoms with Gasteiger partial charge in [0.25, 0.3) is 11.8 Å². The maximum Gasteiger partial charge on any atom is 0.269 e. The van der Waals surface area contributed by atoms with Gasteiger partial charge in [-0.2, -0.15) is 5.10 Å². The molecule has 0 aliphatic carbocycles. The Labute approximate surface area is 145 Å². The molecule has 2 amide bonds. The molecule has 132 valence electrons. The number of likely N-dealkylation sites (tertiary alicyclic amines) is 1. The number of piperidine rings is 1. The number of carbonyl (C=O) groups is 2. The summed E-state index contributed by atoms with van der Waals surface area (Å²) in [6.07, 6.45) is 4.30. The van der Waals surface area contributed by atoms with Gasteiger partial charge in [0, 0.05) is 12.7 Å². The van der Waals surface area contributed by atoms with E-state index in [1.165, 1.54) is 0 Å². The Kier molecular flexibility index (Phi) is 4.97.